The van der Waals surface area contributed by atoms with Gasteiger partial charge in [-0.3, -0.25) is 0 Å². The molecule has 0 aliphatic carbocycles. The highest BCUT2D eigenvalue weighted by molar-refractivity contribution is 6.24. The predicted molar refractivity (Wildman–Crippen MR) is 483 cm³/mol. The van der Waals surface area contributed by atoms with E-state index in [0.29, 0.717) is 0 Å². The van der Waals surface area contributed by atoms with E-state index in [-0.39, 0.29) is 5.41 Å². The summed E-state index contributed by atoms with van der Waals surface area (Å²) in [5, 5.41) is 19.6. The molecule has 0 N–H and O–H groups in total. The molecule has 0 aliphatic heterocycles. The van der Waals surface area contributed by atoms with Gasteiger partial charge in [0, 0.05) is 60.0 Å². The molecule has 23 aromatic rings. The van der Waals surface area contributed by atoms with Gasteiger partial charge in [0.15, 0.2) is 0 Å². The van der Waals surface area contributed by atoms with Crippen molar-refractivity contribution < 1.29 is 8.83 Å². The van der Waals surface area contributed by atoms with Gasteiger partial charge in [-0.2, -0.15) is 0 Å². The van der Waals surface area contributed by atoms with Crippen molar-refractivity contribution in [2.45, 2.75) is 26.2 Å². The van der Waals surface area contributed by atoms with E-state index in [1.54, 1.807) is 0 Å². The van der Waals surface area contributed by atoms with Crippen LogP contribution in [0.3, 0.4) is 0 Å². The summed E-state index contributed by atoms with van der Waals surface area (Å²) in [5.74, 6) is 0. The average molecular weight is 1460 g/mol. The van der Waals surface area contributed by atoms with Gasteiger partial charge in [-0.05, 0) is 230 Å². The van der Waals surface area contributed by atoms with E-state index in [4.69, 9.17) is 8.83 Å². The summed E-state index contributed by atoms with van der Waals surface area (Å²) in [6, 6.07) is 144. The first kappa shape index (κ1) is 66.4. The Morgan fingerprint density at radius 1 is 0.193 bits per heavy atom. The molecule has 536 valence electrons. The van der Waals surface area contributed by atoms with E-state index >= 15 is 0 Å². The number of hydrogen-bond acceptors (Lipinski definition) is 2. The third-order valence-corrected chi connectivity index (χ3v) is 23.7. The molecule has 0 unspecified atom stereocenters. The minimum Gasteiger partial charge on any atom is -0.456 e. The van der Waals surface area contributed by atoms with E-state index in [2.05, 4.69) is 418 Å². The van der Waals surface area contributed by atoms with E-state index in [1.807, 2.05) is 6.07 Å². The van der Waals surface area contributed by atoms with Crippen molar-refractivity contribution >= 4 is 131 Å². The van der Waals surface area contributed by atoms with E-state index in [9.17, 15) is 0 Å². The van der Waals surface area contributed by atoms with Crippen LogP contribution in [-0.4, -0.2) is 9.13 Å². The number of fused-ring (bicyclic) bond motifs is 16. The van der Waals surface area contributed by atoms with Crippen LogP contribution in [0.1, 0.15) is 26.3 Å². The molecule has 4 heteroatoms. The van der Waals surface area contributed by atoms with Crippen molar-refractivity contribution in [3.8, 4) is 89.3 Å². The van der Waals surface area contributed by atoms with Crippen LogP contribution in [-0.2, 0) is 5.41 Å². The summed E-state index contributed by atoms with van der Waals surface area (Å²) < 4.78 is 17.6. The Hall–Kier alpha value is -14.6. The average Bonchev–Trinajstić information content (AvgIpc) is 1.73. The topological polar surface area (TPSA) is 36.1 Å². The molecular weight excluding hydrogens is 1380 g/mol. The Morgan fingerprint density at radius 2 is 0.500 bits per heavy atom. The first-order valence-electron chi connectivity index (χ1n) is 39.4. The minimum absolute atomic E-state index is 0.0614. The van der Waals surface area contributed by atoms with Gasteiger partial charge in [-0.15, -0.1) is 0 Å². The van der Waals surface area contributed by atoms with Crippen LogP contribution in [0.25, 0.3) is 220 Å². The van der Waals surface area contributed by atoms with Crippen LogP contribution in [0.15, 0.2) is 403 Å². The molecule has 0 fully saturated rings. The molecule has 0 saturated heterocycles. The van der Waals surface area contributed by atoms with Gasteiger partial charge < -0.3 is 18.0 Å². The third-order valence-electron chi connectivity index (χ3n) is 23.7. The maximum atomic E-state index is 6.51. The molecule has 4 heterocycles. The summed E-state index contributed by atoms with van der Waals surface area (Å²) in [6.45, 7) is 6.78. The zero-order chi connectivity index (χ0) is 75.7. The fourth-order valence-corrected chi connectivity index (χ4v) is 18.4. The zero-order valence-electron chi connectivity index (χ0n) is 63.2. The summed E-state index contributed by atoms with van der Waals surface area (Å²) in [4.78, 5) is 0. The predicted octanol–water partition coefficient (Wildman–Crippen LogP) is 30.9. The van der Waals surface area contributed by atoms with Crippen LogP contribution in [0.2, 0.25) is 0 Å². The van der Waals surface area contributed by atoms with E-state index < -0.39 is 0 Å². The van der Waals surface area contributed by atoms with Gasteiger partial charge in [-0.25, -0.2) is 0 Å². The van der Waals surface area contributed by atoms with E-state index in [0.717, 1.165) is 61.0 Å². The molecule has 0 atom stereocenters. The zero-order valence-corrected chi connectivity index (χ0v) is 63.2. The molecule has 0 aliphatic rings. The highest BCUT2D eigenvalue weighted by Gasteiger charge is 2.24. The molecule has 19 aromatic carbocycles. The first-order valence-corrected chi connectivity index (χ1v) is 39.4. The Kier molecular flexibility index (Phi) is 15.5. The largest absolute Gasteiger partial charge is 0.456 e. The number of furan rings is 2. The standard InChI is InChI=1S/C56H35NO.C54H39NO/c1-3-15-36(16-4-1)48-34-40(35-50-43-20-12-14-26-53(43)58-56(48)50)39-29-32-52-49(33-39)42-19-11-13-25-51(42)57(52)41-30-27-38(28-31-41)55-46-23-9-7-21-44(46)54(37-17-5-2-6-18-37)45-22-8-10-24-47(45)55;1-54(2,3)38-25-30-51-47(33-38)46-32-37(24-29-50(46)56-51)36-23-28-49-45(31-36)40-15-11-12-20-48(40)55(49)39-26-21-35(22-27-39)53-43-18-9-7-16-41(43)52(34-13-5-4-6-14-34)42-17-8-10-19-44(42)53/h1-35H;4-33H,1-3H3. The van der Waals surface area contributed by atoms with Gasteiger partial charge in [0.25, 0.3) is 0 Å². The SMILES string of the molecule is CC(C)(C)c1ccc2oc3ccc(-c4ccc5c(c4)c4ccccc4n5-c4ccc(-c5c6ccccc6c(-c6ccccc6)c6ccccc56)cc4)cc3c2c1.c1ccc(-c2c3ccccc3c(-c3ccc(-n4c5ccccc5c5cc(-c6cc(-c7ccccc7)c7oc8ccccc8c7c6)ccc54)cc3)c3ccccc23)cc1. The highest BCUT2D eigenvalue weighted by Crippen LogP contribution is 2.49. The van der Waals surface area contributed by atoms with Crippen molar-refractivity contribution in [1.82, 2.24) is 9.13 Å². The number of rotatable bonds is 9. The third kappa shape index (κ3) is 10.9. The molecule has 0 saturated carbocycles. The van der Waals surface area contributed by atoms with Crippen molar-refractivity contribution in [2.24, 2.45) is 0 Å². The molecule has 114 heavy (non-hydrogen) atoms. The van der Waals surface area contributed by atoms with Gasteiger partial charge in [0.1, 0.15) is 22.3 Å². The second-order valence-electron chi connectivity index (χ2n) is 31.3. The fraction of sp³-hybridized carbons (Fsp3) is 0.0364. The number of nitrogens with zero attached hydrogens (tertiary/aromatic N) is 2. The molecule has 4 nitrogen and oxygen atoms in total. The Labute approximate surface area is 659 Å². The molecule has 23 rings (SSSR count). The lowest BCUT2D eigenvalue weighted by molar-refractivity contribution is 0.590. The smallest absolute Gasteiger partial charge is 0.143 e. The monoisotopic (exact) mass is 1450 g/mol. The highest BCUT2D eigenvalue weighted by atomic mass is 16.3. The summed E-state index contributed by atoms with van der Waals surface area (Å²) in [5.41, 5.74) is 29.0. The number of benzene rings is 19. The number of hydrogen-bond donors (Lipinski definition) is 0. The first-order chi connectivity index (χ1) is 56.2. The van der Waals surface area contributed by atoms with Gasteiger partial charge in [0.05, 0.1) is 22.1 Å². The Balaban J connectivity index is 0.000000139. The molecule has 0 radical (unpaired) electrons. The molecular formula is C110H74N2O2. The lowest BCUT2D eigenvalue weighted by Gasteiger charge is -2.18. The van der Waals surface area contributed by atoms with Crippen LogP contribution in [0.5, 0.6) is 0 Å². The maximum absolute atomic E-state index is 6.51. The second-order valence-corrected chi connectivity index (χ2v) is 31.3. The molecule has 0 spiro atoms. The van der Waals surface area contributed by atoms with Crippen LogP contribution >= 0.6 is 0 Å². The Morgan fingerprint density at radius 3 is 0.939 bits per heavy atom. The van der Waals surface area contributed by atoms with Crippen LogP contribution in [0.4, 0.5) is 0 Å². The quantitative estimate of drug-likeness (QED) is 0.135. The van der Waals surface area contributed by atoms with E-state index in [1.165, 1.54) is 164 Å². The van der Waals surface area contributed by atoms with Gasteiger partial charge in [0.2, 0.25) is 0 Å². The minimum atomic E-state index is 0.0614. The molecule has 0 amide bonds. The van der Waals surface area contributed by atoms with Crippen LogP contribution in [0, 0.1) is 0 Å². The van der Waals surface area contributed by atoms with Crippen molar-refractivity contribution in [1.29, 1.82) is 0 Å². The summed E-state index contributed by atoms with van der Waals surface area (Å²) in [6.07, 6.45) is 0. The lowest BCUT2D eigenvalue weighted by Crippen LogP contribution is -2.10. The normalized spacial score (nSPS) is 12.0. The van der Waals surface area contributed by atoms with Gasteiger partial charge >= 0.3 is 0 Å². The molecule has 4 aromatic heterocycles. The lowest BCUT2D eigenvalue weighted by atomic mass is 9.86. The van der Waals surface area contributed by atoms with Crippen molar-refractivity contribution in [3.63, 3.8) is 0 Å². The number of para-hydroxylation sites is 3. The maximum Gasteiger partial charge on any atom is 0.143 e. The second kappa shape index (κ2) is 26.6. The molecule has 0 bridgehead atoms. The number of aromatic nitrogens is 2. The Bertz CT molecular complexity index is 7670. The van der Waals surface area contributed by atoms with Crippen LogP contribution < -0.4 is 0 Å². The summed E-state index contributed by atoms with van der Waals surface area (Å²) >= 11 is 0. The van der Waals surface area contributed by atoms with Crippen molar-refractivity contribution in [2.75, 3.05) is 0 Å². The van der Waals surface area contributed by atoms with Crippen molar-refractivity contribution in [3.05, 3.63) is 400 Å². The summed E-state index contributed by atoms with van der Waals surface area (Å²) in [7, 11) is 0. The van der Waals surface area contributed by atoms with Gasteiger partial charge in [-0.1, -0.05) is 312 Å². The fourth-order valence-electron chi connectivity index (χ4n) is 18.4.